The van der Waals surface area contributed by atoms with E-state index in [2.05, 4.69) is 5.32 Å². The Balaban J connectivity index is 1.83. The van der Waals surface area contributed by atoms with Crippen LogP contribution in [0.3, 0.4) is 0 Å². The summed E-state index contributed by atoms with van der Waals surface area (Å²) in [5.41, 5.74) is 1.47. The molecule has 1 N–H and O–H groups in total. The van der Waals surface area contributed by atoms with Gasteiger partial charge in [-0.1, -0.05) is 19.1 Å². The molecule has 0 aromatic heterocycles. The predicted octanol–water partition coefficient (Wildman–Crippen LogP) is 3.43. The summed E-state index contributed by atoms with van der Waals surface area (Å²) in [6.45, 7) is 4.27. The molecule has 0 spiro atoms. The second kappa shape index (κ2) is 10.2. The van der Waals surface area contributed by atoms with Crippen molar-refractivity contribution in [1.82, 2.24) is 0 Å². The molecule has 7 heteroatoms. The number of hydrogen-bond acceptors (Lipinski definition) is 6. The van der Waals surface area contributed by atoms with Gasteiger partial charge in [-0.2, -0.15) is 0 Å². The van der Waals surface area contributed by atoms with E-state index >= 15 is 0 Å². The Hall–Kier alpha value is -3.48. The maximum atomic E-state index is 12.2. The van der Waals surface area contributed by atoms with E-state index in [9.17, 15) is 19.2 Å². The summed E-state index contributed by atoms with van der Waals surface area (Å²) in [5, 5.41) is 2.60. The number of rotatable bonds is 9. The molecule has 1 atom stereocenters. The predicted molar refractivity (Wildman–Crippen MR) is 107 cm³/mol. The number of nitrogens with one attached hydrogen (secondary N) is 1. The smallest absolute Gasteiger partial charge is 0.344 e. The summed E-state index contributed by atoms with van der Waals surface area (Å²) in [4.78, 5) is 47.1. The third-order valence-corrected chi connectivity index (χ3v) is 4.07. The van der Waals surface area contributed by atoms with Gasteiger partial charge in [-0.15, -0.1) is 0 Å². The first-order valence-electron chi connectivity index (χ1n) is 9.17. The zero-order valence-electron chi connectivity index (χ0n) is 16.6. The number of ketones is 2. The summed E-state index contributed by atoms with van der Waals surface area (Å²) in [6, 6.07) is 12.9. The van der Waals surface area contributed by atoms with Gasteiger partial charge in [-0.3, -0.25) is 14.4 Å². The molecular formula is C22H23NO6. The lowest BCUT2D eigenvalue weighted by Crippen LogP contribution is -2.31. The van der Waals surface area contributed by atoms with E-state index in [0.717, 1.165) is 0 Å². The number of Topliss-reactive ketones (excluding diaryl/α,β-unsaturated/α-hetero) is 2. The van der Waals surface area contributed by atoms with Gasteiger partial charge in [0.05, 0.1) is 0 Å². The second-order valence-electron chi connectivity index (χ2n) is 6.35. The van der Waals surface area contributed by atoms with Crippen molar-refractivity contribution in [3.8, 4) is 5.75 Å². The summed E-state index contributed by atoms with van der Waals surface area (Å²) >= 11 is 0. The number of esters is 1. The lowest BCUT2D eigenvalue weighted by molar-refractivity contribution is -0.155. The van der Waals surface area contributed by atoms with Crippen LogP contribution >= 0.6 is 0 Å². The lowest BCUT2D eigenvalue weighted by Gasteiger charge is -2.14. The van der Waals surface area contributed by atoms with E-state index in [1.807, 2.05) is 0 Å². The first-order chi connectivity index (χ1) is 13.8. The largest absolute Gasteiger partial charge is 0.482 e. The lowest BCUT2D eigenvalue weighted by atomic mass is 10.1. The first kappa shape index (κ1) is 21.8. The SMILES string of the molecule is CCC(=O)c1ccc(OCC(=O)O[C@H](C)C(=O)Nc2cccc(C(C)=O)c2)cc1. The van der Waals surface area contributed by atoms with Crippen molar-refractivity contribution in [2.45, 2.75) is 33.3 Å². The van der Waals surface area contributed by atoms with E-state index in [1.54, 1.807) is 55.5 Å². The van der Waals surface area contributed by atoms with Gasteiger partial charge in [0.15, 0.2) is 24.3 Å². The molecule has 2 rings (SSSR count). The molecule has 0 heterocycles. The fourth-order valence-corrected chi connectivity index (χ4v) is 2.43. The van der Waals surface area contributed by atoms with Crippen LogP contribution < -0.4 is 10.1 Å². The summed E-state index contributed by atoms with van der Waals surface area (Å²) in [6.07, 6.45) is -0.637. The minimum atomic E-state index is -1.04. The van der Waals surface area contributed by atoms with Crippen LogP contribution in [0.4, 0.5) is 5.69 Å². The van der Waals surface area contributed by atoms with Crippen molar-refractivity contribution in [3.63, 3.8) is 0 Å². The molecule has 1 amide bonds. The van der Waals surface area contributed by atoms with E-state index in [0.29, 0.717) is 29.0 Å². The quantitative estimate of drug-likeness (QED) is 0.514. The highest BCUT2D eigenvalue weighted by Crippen LogP contribution is 2.14. The molecule has 0 aliphatic heterocycles. The number of ether oxygens (including phenoxy) is 2. The fraction of sp³-hybridized carbons (Fsp3) is 0.273. The van der Waals surface area contributed by atoms with Crippen LogP contribution in [0, 0.1) is 0 Å². The maximum Gasteiger partial charge on any atom is 0.344 e. The fourth-order valence-electron chi connectivity index (χ4n) is 2.43. The number of benzene rings is 2. The van der Waals surface area contributed by atoms with Crippen LogP contribution in [0.15, 0.2) is 48.5 Å². The van der Waals surface area contributed by atoms with Crippen LogP contribution in [0.1, 0.15) is 47.9 Å². The highest BCUT2D eigenvalue weighted by molar-refractivity contribution is 5.98. The van der Waals surface area contributed by atoms with Crippen molar-refractivity contribution in [2.24, 2.45) is 0 Å². The molecule has 0 radical (unpaired) electrons. The number of amides is 1. The number of carbonyl (C=O) groups excluding carboxylic acids is 4. The second-order valence-corrected chi connectivity index (χ2v) is 6.35. The van der Waals surface area contributed by atoms with Crippen LogP contribution in [-0.2, 0) is 14.3 Å². The van der Waals surface area contributed by atoms with Crippen LogP contribution in [0.2, 0.25) is 0 Å². The Bertz CT molecular complexity index is 904. The Kier molecular flexibility index (Phi) is 7.65. The van der Waals surface area contributed by atoms with Gasteiger partial charge in [-0.05, 0) is 50.2 Å². The van der Waals surface area contributed by atoms with E-state index in [1.165, 1.54) is 13.8 Å². The van der Waals surface area contributed by atoms with Gasteiger partial charge in [0.25, 0.3) is 5.91 Å². The van der Waals surface area contributed by atoms with Gasteiger partial charge in [0.1, 0.15) is 5.75 Å². The van der Waals surface area contributed by atoms with Crippen molar-refractivity contribution in [2.75, 3.05) is 11.9 Å². The molecule has 2 aromatic rings. The molecule has 0 bridgehead atoms. The van der Waals surface area contributed by atoms with Crippen molar-refractivity contribution >= 4 is 29.1 Å². The average Bonchev–Trinajstić information content (AvgIpc) is 2.72. The maximum absolute atomic E-state index is 12.2. The van der Waals surface area contributed by atoms with E-state index in [4.69, 9.17) is 9.47 Å². The minimum Gasteiger partial charge on any atom is -0.482 e. The molecule has 0 fully saturated rings. The zero-order chi connectivity index (χ0) is 21.4. The highest BCUT2D eigenvalue weighted by Gasteiger charge is 2.18. The summed E-state index contributed by atoms with van der Waals surface area (Å²) < 4.78 is 10.4. The van der Waals surface area contributed by atoms with Gasteiger partial charge in [-0.25, -0.2) is 4.79 Å². The zero-order valence-corrected chi connectivity index (χ0v) is 16.6. The number of anilines is 1. The molecular weight excluding hydrogens is 374 g/mol. The van der Waals surface area contributed by atoms with Gasteiger partial charge in [0.2, 0.25) is 0 Å². The third kappa shape index (κ3) is 6.57. The van der Waals surface area contributed by atoms with E-state index in [-0.39, 0.29) is 18.2 Å². The Labute approximate surface area is 169 Å². The molecule has 0 aliphatic rings. The molecule has 0 saturated heterocycles. The first-order valence-corrected chi connectivity index (χ1v) is 9.17. The number of hydrogen-bond donors (Lipinski definition) is 1. The van der Waals surface area contributed by atoms with Crippen molar-refractivity contribution in [1.29, 1.82) is 0 Å². The van der Waals surface area contributed by atoms with Gasteiger partial charge >= 0.3 is 5.97 Å². The van der Waals surface area contributed by atoms with Crippen LogP contribution in [-0.4, -0.2) is 36.2 Å². The van der Waals surface area contributed by atoms with Crippen molar-refractivity contribution in [3.05, 3.63) is 59.7 Å². The number of carbonyl (C=O) groups is 4. The molecule has 2 aromatic carbocycles. The average molecular weight is 397 g/mol. The van der Waals surface area contributed by atoms with E-state index < -0.39 is 18.0 Å². The van der Waals surface area contributed by atoms with Gasteiger partial charge < -0.3 is 14.8 Å². The molecule has 0 aliphatic carbocycles. The third-order valence-electron chi connectivity index (χ3n) is 4.07. The Morgan fingerprint density at radius 3 is 2.31 bits per heavy atom. The monoisotopic (exact) mass is 397 g/mol. The minimum absolute atomic E-state index is 0.0182. The highest BCUT2D eigenvalue weighted by atomic mass is 16.6. The summed E-state index contributed by atoms with van der Waals surface area (Å²) in [5.74, 6) is -0.928. The molecule has 7 nitrogen and oxygen atoms in total. The van der Waals surface area contributed by atoms with Crippen molar-refractivity contribution < 1.29 is 28.7 Å². The standard InChI is InChI=1S/C22H23NO6/c1-4-20(25)16-8-10-19(11-9-16)28-13-21(26)29-15(3)22(27)23-18-7-5-6-17(12-18)14(2)24/h5-12,15H,4,13H2,1-3H3,(H,23,27)/t15-/m1/s1. The summed E-state index contributed by atoms with van der Waals surface area (Å²) in [7, 11) is 0. The Morgan fingerprint density at radius 1 is 1.00 bits per heavy atom. The molecule has 29 heavy (non-hydrogen) atoms. The molecule has 0 saturated carbocycles. The van der Waals surface area contributed by atoms with Gasteiger partial charge in [0, 0.05) is 23.2 Å². The molecule has 152 valence electrons. The normalized spacial score (nSPS) is 11.3. The Morgan fingerprint density at radius 2 is 1.69 bits per heavy atom. The van der Waals surface area contributed by atoms with Crippen LogP contribution in [0.5, 0.6) is 5.75 Å². The molecule has 0 unspecified atom stereocenters. The topological polar surface area (TPSA) is 98.8 Å². The van der Waals surface area contributed by atoms with Crippen LogP contribution in [0.25, 0.3) is 0 Å².